The number of rotatable bonds is 3. The first kappa shape index (κ1) is 11.8. The van der Waals surface area contributed by atoms with Gasteiger partial charge in [0.05, 0.1) is 6.10 Å². The van der Waals surface area contributed by atoms with E-state index in [2.05, 4.69) is 15.1 Å². The highest BCUT2D eigenvalue weighted by Crippen LogP contribution is 2.18. The third-order valence-corrected chi connectivity index (χ3v) is 2.97. The number of hydrogen-bond donors (Lipinski definition) is 1. The number of carboxylic acid groups (broad SMARTS) is 1. The van der Waals surface area contributed by atoms with Gasteiger partial charge in [-0.25, -0.2) is 4.79 Å². The molecule has 92 valence electrons. The average molecular weight is 237 g/mol. The van der Waals surface area contributed by atoms with Gasteiger partial charge in [-0.1, -0.05) is 0 Å². The van der Waals surface area contributed by atoms with Crippen molar-refractivity contribution in [2.75, 3.05) is 25.1 Å². The maximum absolute atomic E-state index is 10.6. The topological polar surface area (TPSA) is 75.5 Å². The molecule has 0 unspecified atom stereocenters. The molecule has 0 amide bonds. The molecule has 6 nitrogen and oxygen atoms in total. The van der Waals surface area contributed by atoms with E-state index in [0.29, 0.717) is 6.10 Å². The Labute approximate surface area is 99.2 Å². The molecule has 0 aliphatic carbocycles. The van der Waals surface area contributed by atoms with Crippen molar-refractivity contribution in [3.63, 3.8) is 0 Å². The molecule has 0 atom stereocenters. The third-order valence-electron chi connectivity index (χ3n) is 2.97. The van der Waals surface area contributed by atoms with E-state index in [0.717, 1.165) is 31.7 Å². The van der Waals surface area contributed by atoms with Gasteiger partial charge in [0, 0.05) is 20.2 Å². The van der Waals surface area contributed by atoms with Crippen molar-refractivity contribution in [3.8, 4) is 0 Å². The number of anilines is 1. The molecule has 0 aromatic carbocycles. The number of carbonyl (C=O) groups is 1. The van der Waals surface area contributed by atoms with Crippen LogP contribution in [0.1, 0.15) is 23.3 Å². The van der Waals surface area contributed by atoms with Crippen LogP contribution in [-0.2, 0) is 4.74 Å². The molecule has 2 heterocycles. The molecule has 1 saturated heterocycles. The lowest BCUT2D eigenvalue weighted by Gasteiger charge is -2.31. The highest BCUT2D eigenvalue weighted by molar-refractivity contribution is 5.85. The van der Waals surface area contributed by atoms with Crippen LogP contribution < -0.4 is 4.90 Å². The molecule has 2 rings (SSSR count). The third kappa shape index (κ3) is 2.71. The average Bonchev–Trinajstić information content (AvgIpc) is 2.39. The standard InChI is InChI=1S/C11H15N3O3/c1-17-8-4-6-14(7-5-8)10-3-2-9(11(15)16)12-13-10/h2-3,8H,4-7H2,1H3,(H,15,16). The molecule has 0 spiro atoms. The molecule has 1 aromatic rings. The van der Waals surface area contributed by atoms with Crippen LogP contribution in [0.15, 0.2) is 12.1 Å². The van der Waals surface area contributed by atoms with Gasteiger partial charge in [-0.3, -0.25) is 0 Å². The predicted octanol–water partition coefficient (Wildman–Crippen LogP) is 0.790. The summed E-state index contributed by atoms with van der Waals surface area (Å²) in [5.74, 6) is -0.327. The largest absolute Gasteiger partial charge is 0.476 e. The minimum atomic E-state index is -1.05. The molecule has 1 N–H and O–H groups in total. The van der Waals surface area contributed by atoms with Gasteiger partial charge in [-0.15, -0.1) is 10.2 Å². The van der Waals surface area contributed by atoms with Gasteiger partial charge in [0.1, 0.15) is 0 Å². The van der Waals surface area contributed by atoms with E-state index in [1.807, 2.05) is 0 Å². The van der Waals surface area contributed by atoms with Gasteiger partial charge in [0.15, 0.2) is 11.5 Å². The normalized spacial score (nSPS) is 17.1. The number of aromatic nitrogens is 2. The van der Waals surface area contributed by atoms with Crippen molar-refractivity contribution in [1.29, 1.82) is 0 Å². The summed E-state index contributed by atoms with van der Waals surface area (Å²) in [5.41, 5.74) is -0.0273. The van der Waals surface area contributed by atoms with E-state index in [4.69, 9.17) is 9.84 Å². The van der Waals surface area contributed by atoms with Crippen LogP contribution in [0.3, 0.4) is 0 Å². The lowest BCUT2D eigenvalue weighted by atomic mass is 10.1. The van der Waals surface area contributed by atoms with Crippen LogP contribution in [-0.4, -0.2) is 47.6 Å². The van der Waals surface area contributed by atoms with Gasteiger partial charge in [0.2, 0.25) is 0 Å². The summed E-state index contributed by atoms with van der Waals surface area (Å²) in [6.07, 6.45) is 2.23. The molecule has 1 fully saturated rings. The van der Waals surface area contributed by atoms with Crippen molar-refractivity contribution in [2.45, 2.75) is 18.9 Å². The SMILES string of the molecule is COC1CCN(c2ccc(C(=O)O)nn2)CC1. The van der Waals surface area contributed by atoms with Crippen LogP contribution in [0.25, 0.3) is 0 Å². The number of nitrogens with zero attached hydrogens (tertiary/aromatic N) is 3. The molecule has 17 heavy (non-hydrogen) atoms. The maximum atomic E-state index is 10.6. The summed E-state index contributed by atoms with van der Waals surface area (Å²) in [7, 11) is 1.72. The van der Waals surface area contributed by atoms with Crippen molar-refractivity contribution in [2.24, 2.45) is 0 Å². The van der Waals surface area contributed by atoms with E-state index in [-0.39, 0.29) is 5.69 Å². The van der Waals surface area contributed by atoms with Crippen LogP contribution >= 0.6 is 0 Å². The molecular formula is C11H15N3O3. The molecular weight excluding hydrogens is 222 g/mol. The molecule has 0 bridgehead atoms. The van der Waals surface area contributed by atoms with E-state index in [9.17, 15) is 4.79 Å². The molecule has 1 aromatic heterocycles. The van der Waals surface area contributed by atoms with Crippen molar-refractivity contribution in [3.05, 3.63) is 17.8 Å². The Morgan fingerprint density at radius 3 is 2.59 bits per heavy atom. The number of hydrogen-bond acceptors (Lipinski definition) is 5. The van der Waals surface area contributed by atoms with Gasteiger partial charge >= 0.3 is 5.97 Å². The zero-order valence-electron chi connectivity index (χ0n) is 9.67. The first-order valence-corrected chi connectivity index (χ1v) is 5.55. The first-order chi connectivity index (χ1) is 8.20. The monoisotopic (exact) mass is 237 g/mol. The zero-order chi connectivity index (χ0) is 12.3. The Morgan fingerprint density at radius 1 is 1.41 bits per heavy atom. The smallest absolute Gasteiger partial charge is 0.356 e. The second-order valence-electron chi connectivity index (χ2n) is 4.00. The van der Waals surface area contributed by atoms with Gasteiger partial charge in [-0.2, -0.15) is 0 Å². The summed E-state index contributed by atoms with van der Waals surface area (Å²) >= 11 is 0. The highest BCUT2D eigenvalue weighted by atomic mass is 16.5. The first-order valence-electron chi connectivity index (χ1n) is 5.55. The number of aromatic carboxylic acids is 1. The fraction of sp³-hybridized carbons (Fsp3) is 0.545. The fourth-order valence-corrected chi connectivity index (χ4v) is 1.93. The Hall–Kier alpha value is -1.69. The maximum Gasteiger partial charge on any atom is 0.356 e. The van der Waals surface area contributed by atoms with E-state index in [1.165, 1.54) is 6.07 Å². The minimum absolute atomic E-state index is 0.0273. The van der Waals surface area contributed by atoms with E-state index >= 15 is 0 Å². The second-order valence-corrected chi connectivity index (χ2v) is 4.00. The van der Waals surface area contributed by atoms with Crippen LogP contribution in [0.2, 0.25) is 0 Å². The van der Waals surface area contributed by atoms with E-state index < -0.39 is 5.97 Å². The van der Waals surface area contributed by atoms with Crippen molar-refractivity contribution >= 4 is 11.8 Å². The molecule has 0 saturated carbocycles. The van der Waals surface area contributed by atoms with Crippen LogP contribution in [0, 0.1) is 0 Å². The summed E-state index contributed by atoms with van der Waals surface area (Å²) in [4.78, 5) is 12.7. The van der Waals surface area contributed by atoms with Crippen LogP contribution in [0.4, 0.5) is 5.82 Å². The Morgan fingerprint density at radius 2 is 2.12 bits per heavy atom. The number of methoxy groups -OCH3 is 1. The lowest BCUT2D eigenvalue weighted by molar-refractivity contribution is 0.0689. The molecule has 6 heteroatoms. The van der Waals surface area contributed by atoms with Crippen molar-refractivity contribution < 1.29 is 14.6 Å². The molecule has 0 radical (unpaired) electrons. The quantitative estimate of drug-likeness (QED) is 0.837. The van der Waals surface area contributed by atoms with Crippen LogP contribution in [0.5, 0.6) is 0 Å². The number of ether oxygens (including phenoxy) is 1. The predicted molar refractivity (Wildman–Crippen MR) is 61.2 cm³/mol. The highest BCUT2D eigenvalue weighted by Gasteiger charge is 2.20. The fourth-order valence-electron chi connectivity index (χ4n) is 1.93. The molecule has 1 aliphatic rings. The minimum Gasteiger partial charge on any atom is -0.476 e. The van der Waals surface area contributed by atoms with Crippen molar-refractivity contribution in [1.82, 2.24) is 10.2 Å². The van der Waals surface area contributed by atoms with Gasteiger partial charge in [-0.05, 0) is 25.0 Å². The number of carboxylic acids is 1. The van der Waals surface area contributed by atoms with Gasteiger partial charge in [0.25, 0.3) is 0 Å². The summed E-state index contributed by atoms with van der Waals surface area (Å²) in [6, 6.07) is 3.18. The van der Waals surface area contributed by atoms with Gasteiger partial charge < -0.3 is 14.7 Å². The lowest BCUT2D eigenvalue weighted by Crippen LogP contribution is -2.37. The Bertz CT molecular complexity index is 385. The summed E-state index contributed by atoms with van der Waals surface area (Å²) < 4.78 is 5.29. The summed E-state index contributed by atoms with van der Waals surface area (Å²) in [5, 5.41) is 16.3. The second kappa shape index (κ2) is 5.09. The summed E-state index contributed by atoms with van der Waals surface area (Å²) in [6.45, 7) is 1.72. The molecule has 1 aliphatic heterocycles. The number of piperidine rings is 1. The zero-order valence-corrected chi connectivity index (χ0v) is 9.67. The Kier molecular flexibility index (Phi) is 3.53. The Balaban J connectivity index is 2.01. The van der Waals surface area contributed by atoms with E-state index in [1.54, 1.807) is 13.2 Å².